The third kappa shape index (κ3) is 8.11. The molecular weight excluding hydrogens is 454 g/mol. The molecule has 1 amide bonds. The number of carbonyl (C=O) groups excluding carboxylic acids is 1. The van der Waals surface area contributed by atoms with E-state index < -0.39 is 6.10 Å². The van der Waals surface area contributed by atoms with E-state index in [-0.39, 0.29) is 47.7 Å². The molecule has 0 bridgehead atoms. The third-order valence-corrected chi connectivity index (χ3v) is 4.92. The maximum atomic E-state index is 12.8. The number of aliphatic hydroxyl groups is 1. The summed E-state index contributed by atoms with van der Waals surface area (Å²) < 4.78 is 8.04. The van der Waals surface area contributed by atoms with E-state index in [1.807, 2.05) is 13.0 Å². The molecule has 1 atom stereocenters. The first-order valence-electron chi connectivity index (χ1n) is 11.3. The predicted octanol–water partition coefficient (Wildman–Crippen LogP) is 3.57. The molecule has 186 valence electrons. The normalized spacial score (nSPS) is 16.8. The smallest absolute Gasteiger partial charge is 0.257 e. The van der Waals surface area contributed by atoms with Crippen LogP contribution in [0.5, 0.6) is 5.75 Å². The molecule has 0 radical (unpaired) electrons. The zero-order valence-corrected chi connectivity index (χ0v) is 21.0. The SMILES string of the molecule is CC(C)C.Cc1ccc(CN=C(NS)C(N)=Nc2cccc(C(=O)N3CCCC(O)C3)c2O)o1. The Morgan fingerprint density at radius 2 is 2.03 bits per heavy atom. The summed E-state index contributed by atoms with van der Waals surface area (Å²) in [5.74, 6) is 1.79. The summed E-state index contributed by atoms with van der Waals surface area (Å²) in [7, 11) is 0. The number of phenolic OH excluding ortho intramolecular Hbond substituents is 1. The highest BCUT2D eigenvalue weighted by Crippen LogP contribution is 2.31. The number of hydrogen-bond acceptors (Lipinski definition) is 7. The van der Waals surface area contributed by atoms with E-state index >= 15 is 0 Å². The van der Waals surface area contributed by atoms with Crippen LogP contribution in [-0.4, -0.2) is 51.9 Å². The van der Waals surface area contributed by atoms with Crippen LogP contribution in [0.1, 0.15) is 55.5 Å². The van der Waals surface area contributed by atoms with Crippen LogP contribution in [0.4, 0.5) is 5.69 Å². The predicted molar refractivity (Wildman–Crippen MR) is 138 cm³/mol. The number of nitrogens with zero attached hydrogens (tertiary/aromatic N) is 3. The first kappa shape index (κ1) is 27.3. The Bertz CT molecular complexity index is 1020. The third-order valence-electron chi connectivity index (χ3n) is 4.71. The molecule has 34 heavy (non-hydrogen) atoms. The van der Waals surface area contributed by atoms with Crippen molar-refractivity contribution in [2.75, 3.05) is 13.1 Å². The van der Waals surface area contributed by atoms with E-state index in [4.69, 9.17) is 10.2 Å². The van der Waals surface area contributed by atoms with Crippen LogP contribution in [-0.2, 0) is 6.54 Å². The van der Waals surface area contributed by atoms with E-state index in [0.29, 0.717) is 25.1 Å². The zero-order valence-electron chi connectivity index (χ0n) is 20.2. The number of furan rings is 1. The molecule has 9 nitrogen and oxygen atoms in total. The zero-order chi connectivity index (χ0) is 25.3. The van der Waals surface area contributed by atoms with E-state index in [9.17, 15) is 15.0 Å². The van der Waals surface area contributed by atoms with Gasteiger partial charge in [-0.05, 0) is 49.9 Å². The number of amidine groups is 2. The molecule has 1 aromatic carbocycles. The number of aliphatic imine (C=N–C) groups is 2. The van der Waals surface area contributed by atoms with Gasteiger partial charge in [0.1, 0.15) is 17.2 Å². The summed E-state index contributed by atoms with van der Waals surface area (Å²) in [4.78, 5) is 22.8. The molecule has 0 aliphatic carbocycles. The van der Waals surface area contributed by atoms with Crippen molar-refractivity contribution in [3.8, 4) is 5.75 Å². The number of rotatable bonds is 4. The van der Waals surface area contributed by atoms with Crippen molar-refractivity contribution in [3.63, 3.8) is 0 Å². The lowest BCUT2D eigenvalue weighted by Gasteiger charge is -2.30. The van der Waals surface area contributed by atoms with Gasteiger partial charge < -0.3 is 30.0 Å². The fraction of sp³-hybridized carbons (Fsp3) is 0.458. The lowest BCUT2D eigenvalue weighted by atomic mass is 10.1. The fourth-order valence-electron chi connectivity index (χ4n) is 3.19. The monoisotopic (exact) mass is 489 g/mol. The summed E-state index contributed by atoms with van der Waals surface area (Å²) >= 11 is 4.01. The van der Waals surface area contributed by atoms with Crippen molar-refractivity contribution < 1.29 is 19.4 Å². The van der Waals surface area contributed by atoms with Crippen molar-refractivity contribution in [2.45, 2.75) is 53.2 Å². The van der Waals surface area contributed by atoms with Gasteiger partial charge in [0.15, 0.2) is 17.4 Å². The Hall–Kier alpha value is -2.98. The van der Waals surface area contributed by atoms with Gasteiger partial charge in [-0.1, -0.05) is 39.7 Å². The standard InChI is InChI=1S/C20H25N5O4S.C4H10/c1-12-7-8-14(29-12)10-22-19(24-30)18(21)23-16-6-2-5-15(17(16)27)20(28)25-9-3-4-13(26)11-25;1-4(2)3/h2,5-8,13,26-27,30H,3-4,9-11H2,1H3,(H2,21,23)(H,22,24);4H,1-3H3. The number of para-hydroxylation sites is 1. The minimum Gasteiger partial charge on any atom is -0.505 e. The van der Waals surface area contributed by atoms with Crippen LogP contribution in [0.2, 0.25) is 0 Å². The Kier molecular flexibility index (Phi) is 10.5. The number of likely N-dealkylation sites (tertiary alicyclic amines) is 1. The number of benzene rings is 1. The molecule has 3 rings (SSSR count). The van der Waals surface area contributed by atoms with E-state index in [1.165, 1.54) is 17.0 Å². The van der Waals surface area contributed by atoms with Gasteiger partial charge in [-0.15, -0.1) is 0 Å². The first-order valence-corrected chi connectivity index (χ1v) is 11.7. The van der Waals surface area contributed by atoms with Crippen molar-refractivity contribution in [2.24, 2.45) is 21.6 Å². The topological polar surface area (TPSA) is 137 Å². The second kappa shape index (κ2) is 13.0. The molecule has 2 heterocycles. The number of aliphatic hydroxyl groups excluding tert-OH is 1. The number of nitrogens with one attached hydrogen (secondary N) is 1. The number of aromatic hydroxyl groups is 1. The Balaban J connectivity index is 0.000000945. The van der Waals surface area contributed by atoms with Crippen LogP contribution >= 0.6 is 12.8 Å². The highest BCUT2D eigenvalue weighted by Gasteiger charge is 2.25. The maximum absolute atomic E-state index is 12.8. The number of thiol groups is 1. The quantitative estimate of drug-likeness (QED) is 0.253. The van der Waals surface area contributed by atoms with Crippen molar-refractivity contribution in [3.05, 3.63) is 47.4 Å². The van der Waals surface area contributed by atoms with Crippen molar-refractivity contribution in [1.82, 2.24) is 9.62 Å². The number of amides is 1. The molecular formula is C24H35N5O4S. The van der Waals surface area contributed by atoms with Crippen LogP contribution in [0.15, 0.2) is 44.7 Å². The van der Waals surface area contributed by atoms with Gasteiger partial charge in [0, 0.05) is 13.1 Å². The van der Waals surface area contributed by atoms with Crippen LogP contribution in [0, 0.1) is 12.8 Å². The second-order valence-corrected chi connectivity index (χ2v) is 8.96. The van der Waals surface area contributed by atoms with Crippen LogP contribution in [0.3, 0.4) is 0 Å². The number of phenols is 1. The molecule has 1 fully saturated rings. The van der Waals surface area contributed by atoms with Gasteiger partial charge in [-0.2, -0.15) is 0 Å². The summed E-state index contributed by atoms with van der Waals surface area (Å²) in [6, 6.07) is 8.30. The Morgan fingerprint density at radius 3 is 2.62 bits per heavy atom. The summed E-state index contributed by atoms with van der Waals surface area (Å²) in [5.41, 5.74) is 6.25. The lowest BCUT2D eigenvalue weighted by Crippen LogP contribution is -2.42. The van der Waals surface area contributed by atoms with Crippen molar-refractivity contribution in [1.29, 1.82) is 0 Å². The van der Waals surface area contributed by atoms with Gasteiger partial charge in [-0.3, -0.25) is 9.79 Å². The average Bonchev–Trinajstić information content (AvgIpc) is 3.20. The maximum Gasteiger partial charge on any atom is 0.257 e. The molecule has 1 aromatic heterocycles. The number of aryl methyl sites for hydroxylation is 1. The minimum atomic E-state index is -0.556. The Labute approximate surface area is 206 Å². The lowest BCUT2D eigenvalue weighted by molar-refractivity contribution is 0.0471. The largest absolute Gasteiger partial charge is 0.505 e. The number of carbonyl (C=O) groups is 1. The van der Waals surface area contributed by atoms with Gasteiger partial charge >= 0.3 is 0 Å². The number of hydrogen-bond donors (Lipinski definition) is 5. The minimum absolute atomic E-state index is 0.0124. The number of piperidine rings is 1. The van der Waals surface area contributed by atoms with E-state index in [0.717, 1.165) is 11.7 Å². The Morgan fingerprint density at radius 1 is 1.32 bits per heavy atom. The molecule has 1 aliphatic heterocycles. The fourth-order valence-corrected chi connectivity index (χ4v) is 3.37. The molecule has 0 saturated carbocycles. The number of β-amino-alcohol motifs (C(OH)–C–C–N with tert-alkyl or cyclic N) is 1. The molecule has 2 aromatic rings. The summed E-state index contributed by atoms with van der Waals surface area (Å²) in [5, 5.41) is 20.4. The van der Waals surface area contributed by atoms with E-state index in [1.54, 1.807) is 12.1 Å². The molecule has 1 saturated heterocycles. The summed E-state index contributed by atoms with van der Waals surface area (Å²) in [6.07, 6.45) is 0.814. The molecule has 10 heteroatoms. The molecule has 1 unspecified atom stereocenters. The van der Waals surface area contributed by atoms with Gasteiger partial charge in [0.2, 0.25) is 0 Å². The first-order chi connectivity index (χ1) is 16.1. The average molecular weight is 490 g/mol. The van der Waals surface area contributed by atoms with E-state index in [2.05, 4.69) is 48.3 Å². The van der Waals surface area contributed by atoms with Crippen LogP contribution in [0.25, 0.3) is 0 Å². The summed E-state index contributed by atoms with van der Waals surface area (Å²) in [6.45, 7) is 9.33. The van der Waals surface area contributed by atoms with Gasteiger partial charge in [0.05, 0.1) is 18.2 Å². The number of nitrogens with two attached hydrogens (primary N) is 1. The van der Waals surface area contributed by atoms with Crippen molar-refractivity contribution >= 4 is 36.1 Å². The second-order valence-electron chi connectivity index (χ2n) is 8.74. The van der Waals surface area contributed by atoms with Gasteiger partial charge in [0.25, 0.3) is 5.91 Å². The van der Waals surface area contributed by atoms with Gasteiger partial charge in [-0.25, -0.2) is 4.99 Å². The highest BCUT2D eigenvalue weighted by atomic mass is 32.1. The highest BCUT2D eigenvalue weighted by molar-refractivity contribution is 7.78. The molecule has 0 spiro atoms. The molecule has 5 N–H and O–H groups in total. The van der Waals surface area contributed by atoms with Crippen LogP contribution < -0.4 is 10.5 Å². The molecule has 1 aliphatic rings.